The van der Waals surface area contributed by atoms with Gasteiger partial charge in [0.15, 0.2) is 6.61 Å². The molecule has 2 amide bonds. The Morgan fingerprint density at radius 2 is 2.16 bits per heavy atom. The molecule has 1 atom stereocenters. The number of benzene rings is 1. The number of rotatable bonds is 3. The normalized spacial score (nSPS) is 21.0. The summed E-state index contributed by atoms with van der Waals surface area (Å²) in [5.74, 6) is 0.754. The van der Waals surface area contributed by atoms with Crippen molar-refractivity contribution >= 4 is 17.5 Å². The van der Waals surface area contributed by atoms with Gasteiger partial charge in [-0.3, -0.25) is 9.59 Å². The second-order valence-electron chi connectivity index (χ2n) is 6.88. The van der Waals surface area contributed by atoms with Crippen LogP contribution in [-0.4, -0.2) is 82.2 Å². The minimum Gasteiger partial charge on any atom is -0.482 e. The third-order valence-electron chi connectivity index (χ3n) is 4.54. The summed E-state index contributed by atoms with van der Waals surface area (Å²) in [6.45, 7) is 3.36. The maximum absolute atomic E-state index is 13.0. The van der Waals surface area contributed by atoms with Crippen LogP contribution in [0.5, 0.6) is 5.75 Å². The van der Waals surface area contributed by atoms with Gasteiger partial charge < -0.3 is 24.2 Å². The highest BCUT2D eigenvalue weighted by Gasteiger charge is 2.27. The fraction of sp³-hybridized carbons (Fsp3) is 0.556. The first-order valence-electron chi connectivity index (χ1n) is 8.51. The Hall–Kier alpha value is -2.12. The Morgan fingerprint density at radius 3 is 2.92 bits per heavy atom. The molecule has 1 aromatic rings. The summed E-state index contributed by atoms with van der Waals surface area (Å²) in [4.78, 5) is 30.3. The number of ether oxygens (including phenoxy) is 2. The maximum Gasteiger partial charge on any atom is 0.264 e. The predicted molar refractivity (Wildman–Crippen MR) is 94.1 cm³/mol. The highest BCUT2D eigenvalue weighted by molar-refractivity contribution is 6.01. The average Bonchev–Trinajstić information content (AvgIpc) is 2.82. The SMILES string of the molecule is CN(C)CC1COCCN(C(=O)c2ccc3c(c2)N(C)C(=O)CO3)C1. The van der Waals surface area contributed by atoms with E-state index in [1.165, 1.54) is 4.90 Å². The molecule has 1 unspecified atom stereocenters. The van der Waals surface area contributed by atoms with Gasteiger partial charge in [0.25, 0.3) is 11.8 Å². The number of amides is 2. The molecular weight excluding hydrogens is 322 g/mol. The molecule has 0 aliphatic carbocycles. The molecule has 2 heterocycles. The molecule has 2 aliphatic rings. The van der Waals surface area contributed by atoms with E-state index in [9.17, 15) is 9.59 Å². The molecule has 0 spiro atoms. The lowest BCUT2D eigenvalue weighted by Gasteiger charge is -2.28. The number of carbonyl (C=O) groups is 2. The zero-order chi connectivity index (χ0) is 18.0. The third-order valence-corrected chi connectivity index (χ3v) is 4.54. The monoisotopic (exact) mass is 347 g/mol. The Morgan fingerprint density at radius 1 is 1.36 bits per heavy atom. The first-order chi connectivity index (χ1) is 12.0. The van der Waals surface area contributed by atoms with Crippen LogP contribution in [0.2, 0.25) is 0 Å². The van der Waals surface area contributed by atoms with Crippen LogP contribution in [0.3, 0.4) is 0 Å². The van der Waals surface area contributed by atoms with Gasteiger partial charge in [-0.25, -0.2) is 0 Å². The van der Waals surface area contributed by atoms with Gasteiger partial charge in [-0.05, 0) is 32.3 Å². The Bertz CT molecular complexity index is 662. The number of carbonyl (C=O) groups excluding carboxylic acids is 2. The number of likely N-dealkylation sites (N-methyl/N-ethyl adjacent to an activating group) is 1. The molecule has 7 nitrogen and oxygen atoms in total. The number of hydrogen-bond acceptors (Lipinski definition) is 5. The zero-order valence-corrected chi connectivity index (χ0v) is 15.0. The van der Waals surface area contributed by atoms with Crippen molar-refractivity contribution in [3.63, 3.8) is 0 Å². The van der Waals surface area contributed by atoms with Crippen LogP contribution in [0, 0.1) is 5.92 Å². The molecule has 136 valence electrons. The summed E-state index contributed by atoms with van der Waals surface area (Å²) >= 11 is 0. The van der Waals surface area contributed by atoms with Crippen molar-refractivity contribution < 1.29 is 19.1 Å². The molecule has 1 fully saturated rings. The molecular formula is C18H25N3O4. The standard InChI is InChI=1S/C18H25N3O4/c1-19(2)9-13-10-21(6-7-24-11-13)18(23)14-4-5-16-15(8-14)20(3)17(22)12-25-16/h4-5,8,13H,6-7,9-12H2,1-3H3. The minimum atomic E-state index is -0.119. The molecule has 1 aromatic carbocycles. The van der Waals surface area contributed by atoms with Crippen LogP contribution < -0.4 is 9.64 Å². The lowest BCUT2D eigenvalue weighted by atomic mass is 10.1. The quantitative estimate of drug-likeness (QED) is 0.805. The van der Waals surface area contributed by atoms with Gasteiger partial charge in [0.05, 0.1) is 18.9 Å². The van der Waals surface area contributed by atoms with Crippen molar-refractivity contribution in [3.05, 3.63) is 23.8 Å². The van der Waals surface area contributed by atoms with E-state index < -0.39 is 0 Å². The molecule has 2 aliphatic heterocycles. The van der Waals surface area contributed by atoms with Crippen LogP contribution in [0.4, 0.5) is 5.69 Å². The van der Waals surface area contributed by atoms with E-state index in [1.54, 1.807) is 25.2 Å². The summed E-state index contributed by atoms with van der Waals surface area (Å²) in [5, 5.41) is 0. The first-order valence-corrected chi connectivity index (χ1v) is 8.51. The van der Waals surface area contributed by atoms with Crippen LogP contribution >= 0.6 is 0 Å². The number of hydrogen-bond donors (Lipinski definition) is 0. The van der Waals surface area contributed by atoms with E-state index in [-0.39, 0.29) is 24.3 Å². The summed E-state index contributed by atoms with van der Waals surface area (Å²) < 4.78 is 11.1. The van der Waals surface area contributed by atoms with Gasteiger partial charge in [0.1, 0.15) is 5.75 Å². The Labute approximate surface area is 148 Å². The van der Waals surface area contributed by atoms with Crippen molar-refractivity contribution in [1.29, 1.82) is 0 Å². The molecule has 7 heteroatoms. The smallest absolute Gasteiger partial charge is 0.264 e. The van der Waals surface area contributed by atoms with Crippen LogP contribution in [0.15, 0.2) is 18.2 Å². The summed E-state index contributed by atoms with van der Waals surface area (Å²) in [5.41, 5.74) is 1.20. The highest BCUT2D eigenvalue weighted by atomic mass is 16.5. The third kappa shape index (κ3) is 3.93. The van der Waals surface area contributed by atoms with Crippen molar-refractivity contribution in [1.82, 2.24) is 9.80 Å². The van der Waals surface area contributed by atoms with Gasteiger partial charge in [-0.1, -0.05) is 0 Å². The van der Waals surface area contributed by atoms with E-state index in [0.717, 1.165) is 6.54 Å². The van der Waals surface area contributed by atoms with Gasteiger partial charge in [-0.2, -0.15) is 0 Å². The van der Waals surface area contributed by atoms with Crippen molar-refractivity contribution in [2.45, 2.75) is 0 Å². The second-order valence-corrected chi connectivity index (χ2v) is 6.88. The van der Waals surface area contributed by atoms with E-state index in [0.29, 0.717) is 43.3 Å². The first kappa shape index (κ1) is 17.7. The zero-order valence-electron chi connectivity index (χ0n) is 15.0. The molecule has 0 bridgehead atoms. The number of fused-ring (bicyclic) bond motifs is 1. The maximum atomic E-state index is 13.0. The fourth-order valence-electron chi connectivity index (χ4n) is 3.28. The summed E-state index contributed by atoms with van der Waals surface area (Å²) in [6.07, 6.45) is 0. The Kier molecular flexibility index (Phi) is 5.24. The lowest BCUT2D eigenvalue weighted by Crippen LogP contribution is -2.39. The molecule has 3 rings (SSSR count). The molecule has 25 heavy (non-hydrogen) atoms. The van der Waals surface area contributed by atoms with Crippen LogP contribution in [-0.2, 0) is 9.53 Å². The summed E-state index contributed by atoms with van der Waals surface area (Å²) in [7, 11) is 5.74. The van der Waals surface area contributed by atoms with Gasteiger partial charge in [-0.15, -0.1) is 0 Å². The molecule has 0 N–H and O–H groups in total. The highest BCUT2D eigenvalue weighted by Crippen LogP contribution is 2.32. The van der Waals surface area contributed by atoms with Crippen molar-refractivity contribution in [2.75, 3.05) is 65.5 Å². The van der Waals surface area contributed by atoms with E-state index in [4.69, 9.17) is 9.47 Å². The van der Waals surface area contributed by atoms with E-state index >= 15 is 0 Å². The van der Waals surface area contributed by atoms with Gasteiger partial charge in [0.2, 0.25) is 0 Å². The lowest BCUT2D eigenvalue weighted by molar-refractivity contribution is -0.120. The van der Waals surface area contributed by atoms with E-state index in [1.807, 2.05) is 19.0 Å². The molecule has 1 saturated heterocycles. The van der Waals surface area contributed by atoms with Crippen LogP contribution in [0.25, 0.3) is 0 Å². The molecule has 0 saturated carbocycles. The Balaban J connectivity index is 1.79. The van der Waals surface area contributed by atoms with Gasteiger partial charge in [0, 0.05) is 38.2 Å². The predicted octanol–water partition coefficient (Wildman–Crippen LogP) is 0.692. The van der Waals surface area contributed by atoms with Crippen molar-refractivity contribution in [2.24, 2.45) is 5.92 Å². The van der Waals surface area contributed by atoms with Gasteiger partial charge >= 0.3 is 0 Å². The topological polar surface area (TPSA) is 62.3 Å². The number of anilines is 1. The number of nitrogens with zero attached hydrogens (tertiary/aromatic N) is 3. The molecule has 0 aromatic heterocycles. The molecule has 0 radical (unpaired) electrons. The minimum absolute atomic E-state index is 0.0342. The van der Waals surface area contributed by atoms with Crippen LogP contribution in [0.1, 0.15) is 10.4 Å². The fourth-order valence-corrected chi connectivity index (χ4v) is 3.28. The largest absolute Gasteiger partial charge is 0.482 e. The summed E-state index contributed by atoms with van der Waals surface area (Å²) in [6, 6.07) is 5.26. The second kappa shape index (κ2) is 7.41. The van der Waals surface area contributed by atoms with E-state index in [2.05, 4.69) is 4.90 Å². The average molecular weight is 347 g/mol. The van der Waals surface area contributed by atoms with Crippen molar-refractivity contribution in [3.8, 4) is 5.75 Å².